The zero-order valence-electron chi connectivity index (χ0n) is 19.3. The minimum Gasteiger partial charge on any atom is -0.370 e. The van der Waals surface area contributed by atoms with Crippen molar-refractivity contribution >= 4 is 17.0 Å². The smallest absolute Gasteiger partial charge is 0.279 e. The number of anilines is 1. The molecular formula is C23H31N7O2. The summed E-state index contributed by atoms with van der Waals surface area (Å²) in [5.74, 6) is 2.34. The van der Waals surface area contributed by atoms with Crippen molar-refractivity contribution in [3.05, 3.63) is 39.8 Å². The first kappa shape index (κ1) is 21.1. The molecule has 0 radical (unpaired) electrons. The van der Waals surface area contributed by atoms with E-state index in [1.54, 1.807) is 16.3 Å². The van der Waals surface area contributed by atoms with Crippen molar-refractivity contribution in [2.24, 2.45) is 20.0 Å². The van der Waals surface area contributed by atoms with Crippen LogP contribution in [0.2, 0.25) is 0 Å². The number of morpholine rings is 1. The third-order valence-corrected chi connectivity index (χ3v) is 7.01. The van der Waals surface area contributed by atoms with E-state index in [0.717, 1.165) is 30.0 Å². The monoisotopic (exact) mass is 437 g/mol. The van der Waals surface area contributed by atoms with Gasteiger partial charge in [-0.05, 0) is 25.7 Å². The van der Waals surface area contributed by atoms with Gasteiger partial charge in [-0.25, -0.2) is 15.0 Å². The number of aryl methyl sites for hydroxylation is 2. The molecule has 170 valence electrons. The molecule has 2 aliphatic rings. The lowest BCUT2D eigenvalue weighted by molar-refractivity contribution is 0.0392. The van der Waals surface area contributed by atoms with Crippen molar-refractivity contribution in [1.82, 2.24) is 29.3 Å². The van der Waals surface area contributed by atoms with Crippen LogP contribution in [-0.2, 0) is 18.8 Å². The van der Waals surface area contributed by atoms with Crippen LogP contribution < -0.4 is 10.5 Å². The van der Waals surface area contributed by atoms with Gasteiger partial charge >= 0.3 is 0 Å². The van der Waals surface area contributed by atoms with Gasteiger partial charge in [-0.1, -0.05) is 19.8 Å². The normalized spacial score (nSPS) is 24.2. The molecule has 0 amide bonds. The molecule has 9 nitrogen and oxygen atoms in total. The van der Waals surface area contributed by atoms with Gasteiger partial charge < -0.3 is 9.64 Å². The van der Waals surface area contributed by atoms with Crippen LogP contribution in [0.15, 0.2) is 17.2 Å². The Morgan fingerprint density at radius 2 is 1.84 bits per heavy atom. The Morgan fingerprint density at radius 1 is 1.06 bits per heavy atom. The molecule has 4 heterocycles. The van der Waals surface area contributed by atoms with Crippen molar-refractivity contribution in [2.75, 3.05) is 24.6 Å². The highest BCUT2D eigenvalue weighted by Gasteiger charge is 2.29. The Bertz CT molecular complexity index is 1190. The van der Waals surface area contributed by atoms with Gasteiger partial charge in [0.25, 0.3) is 5.56 Å². The number of aromatic nitrogens is 6. The zero-order valence-corrected chi connectivity index (χ0v) is 19.3. The first-order valence-corrected chi connectivity index (χ1v) is 11.5. The van der Waals surface area contributed by atoms with Gasteiger partial charge in [0.2, 0.25) is 5.95 Å². The summed E-state index contributed by atoms with van der Waals surface area (Å²) in [5, 5.41) is 4.28. The minimum absolute atomic E-state index is 0.102. The predicted molar refractivity (Wildman–Crippen MR) is 122 cm³/mol. The molecule has 9 heteroatoms. The maximum Gasteiger partial charge on any atom is 0.279 e. The number of hydrogen-bond donors (Lipinski definition) is 0. The van der Waals surface area contributed by atoms with E-state index >= 15 is 0 Å². The molecule has 1 atom stereocenters. The quantitative estimate of drug-likeness (QED) is 0.622. The molecule has 1 saturated heterocycles. The molecule has 0 aromatic carbocycles. The highest BCUT2D eigenvalue weighted by Crippen LogP contribution is 2.37. The fourth-order valence-electron chi connectivity index (χ4n) is 4.86. The topological polar surface area (TPSA) is 91.0 Å². The highest BCUT2D eigenvalue weighted by molar-refractivity contribution is 5.77. The van der Waals surface area contributed by atoms with Gasteiger partial charge in [0.15, 0.2) is 5.52 Å². The zero-order chi connectivity index (χ0) is 22.4. The highest BCUT2D eigenvalue weighted by atomic mass is 16.5. The Morgan fingerprint density at radius 3 is 2.56 bits per heavy atom. The van der Waals surface area contributed by atoms with Gasteiger partial charge in [0, 0.05) is 38.3 Å². The van der Waals surface area contributed by atoms with E-state index in [1.807, 2.05) is 26.4 Å². The van der Waals surface area contributed by atoms with Crippen molar-refractivity contribution in [1.29, 1.82) is 0 Å². The van der Waals surface area contributed by atoms with Crippen LogP contribution in [0.4, 0.5) is 5.95 Å². The van der Waals surface area contributed by atoms with Crippen LogP contribution in [0.25, 0.3) is 11.0 Å². The molecule has 1 saturated carbocycles. The van der Waals surface area contributed by atoms with Crippen LogP contribution in [0.5, 0.6) is 0 Å². The summed E-state index contributed by atoms with van der Waals surface area (Å²) < 4.78 is 9.36. The summed E-state index contributed by atoms with van der Waals surface area (Å²) in [5.41, 5.74) is 2.94. The SMILES string of the molecule is Cc1nc2c(C3CCC(C)CC3)nc(N3CCO[C@H](c4cnn(C)c4)C3)nc2c(=O)n1C. The average molecular weight is 438 g/mol. The van der Waals surface area contributed by atoms with E-state index < -0.39 is 0 Å². The first-order valence-electron chi connectivity index (χ1n) is 11.5. The lowest BCUT2D eigenvalue weighted by Crippen LogP contribution is -2.39. The summed E-state index contributed by atoms with van der Waals surface area (Å²) in [6.45, 7) is 6.05. The Balaban J connectivity index is 1.57. The second-order valence-electron chi connectivity index (χ2n) is 9.34. The summed E-state index contributed by atoms with van der Waals surface area (Å²) >= 11 is 0. The standard InChI is InChI=1S/C23H31N7O2/c1-14-5-7-16(8-6-14)19-20-21(22(31)29(4)15(2)25-20)27-23(26-19)30-9-10-32-18(13-30)17-11-24-28(3)12-17/h11-12,14,16,18H,5-10,13H2,1-4H3/t14?,16?,18-/m0/s1. The number of fused-ring (bicyclic) bond motifs is 1. The van der Waals surface area contributed by atoms with E-state index in [9.17, 15) is 4.79 Å². The van der Waals surface area contributed by atoms with Crippen LogP contribution in [0, 0.1) is 12.8 Å². The van der Waals surface area contributed by atoms with Gasteiger partial charge in [-0.2, -0.15) is 5.10 Å². The largest absolute Gasteiger partial charge is 0.370 e. The molecule has 2 fully saturated rings. The first-order chi connectivity index (χ1) is 15.4. The molecule has 32 heavy (non-hydrogen) atoms. The third-order valence-electron chi connectivity index (χ3n) is 7.01. The Labute approximate surface area is 187 Å². The van der Waals surface area contributed by atoms with E-state index in [4.69, 9.17) is 19.7 Å². The molecule has 0 bridgehead atoms. The predicted octanol–water partition coefficient (Wildman–Crippen LogP) is 2.64. The lowest BCUT2D eigenvalue weighted by atomic mass is 9.81. The molecule has 1 aliphatic heterocycles. The van der Waals surface area contributed by atoms with Gasteiger partial charge in [0.05, 0.1) is 25.0 Å². The molecule has 5 rings (SSSR count). The second-order valence-corrected chi connectivity index (χ2v) is 9.34. The summed E-state index contributed by atoms with van der Waals surface area (Å²) in [4.78, 5) is 29.8. The average Bonchev–Trinajstić information content (AvgIpc) is 3.24. The molecule has 0 spiro atoms. The van der Waals surface area contributed by atoms with Crippen molar-refractivity contribution in [3.63, 3.8) is 0 Å². The van der Waals surface area contributed by atoms with E-state index in [-0.39, 0.29) is 11.7 Å². The number of ether oxygens (including phenoxy) is 1. The Hall–Kier alpha value is -2.81. The molecule has 0 unspecified atom stereocenters. The maximum absolute atomic E-state index is 13.1. The molecular weight excluding hydrogens is 406 g/mol. The maximum atomic E-state index is 13.1. The number of nitrogens with zero attached hydrogens (tertiary/aromatic N) is 7. The lowest BCUT2D eigenvalue weighted by Gasteiger charge is -2.33. The molecule has 3 aromatic rings. The van der Waals surface area contributed by atoms with E-state index in [1.165, 1.54) is 12.8 Å². The van der Waals surface area contributed by atoms with Gasteiger partial charge in [-0.3, -0.25) is 14.0 Å². The van der Waals surface area contributed by atoms with E-state index in [2.05, 4.69) is 16.9 Å². The van der Waals surface area contributed by atoms with Crippen molar-refractivity contribution in [3.8, 4) is 0 Å². The van der Waals surface area contributed by atoms with Crippen LogP contribution in [-0.4, -0.2) is 49.0 Å². The second kappa shape index (κ2) is 8.27. The number of hydrogen-bond acceptors (Lipinski definition) is 7. The summed E-state index contributed by atoms with van der Waals surface area (Å²) in [6.07, 6.45) is 8.22. The van der Waals surface area contributed by atoms with Crippen LogP contribution in [0.3, 0.4) is 0 Å². The number of rotatable bonds is 3. The van der Waals surface area contributed by atoms with Crippen LogP contribution >= 0.6 is 0 Å². The van der Waals surface area contributed by atoms with Crippen molar-refractivity contribution < 1.29 is 4.74 Å². The molecule has 0 N–H and O–H groups in total. The minimum atomic E-state index is -0.112. The summed E-state index contributed by atoms with van der Waals surface area (Å²) in [7, 11) is 3.65. The van der Waals surface area contributed by atoms with Crippen LogP contribution in [0.1, 0.15) is 61.7 Å². The Kier molecular flexibility index (Phi) is 5.44. The van der Waals surface area contributed by atoms with Crippen molar-refractivity contribution in [2.45, 2.75) is 51.6 Å². The fourth-order valence-corrected chi connectivity index (χ4v) is 4.86. The third kappa shape index (κ3) is 3.79. The van der Waals surface area contributed by atoms with E-state index in [0.29, 0.717) is 48.4 Å². The molecule has 1 aliphatic carbocycles. The van der Waals surface area contributed by atoms with Gasteiger partial charge in [-0.15, -0.1) is 0 Å². The fraction of sp³-hybridized carbons (Fsp3) is 0.609. The summed E-state index contributed by atoms with van der Waals surface area (Å²) in [6, 6.07) is 0. The van der Waals surface area contributed by atoms with Gasteiger partial charge in [0.1, 0.15) is 17.4 Å². The molecule has 3 aromatic heterocycles.